The van der Waals surface area contributed by atoms with Gasteiger partial charge >= 0.3 is 0 Å². The van der Waals surface area contributed by atoms with Crippen LogP contribution >= 0.6 is 11.3 Å². The number of thiophene rings is 1. The van der Waals surface area contributed by atoms with E-state index in [4.69, 9.17) is 15.4 Å². The number of hydrogen-bond donors (Lipinski definition) is 1. The number of anilines is 1. The summed E-state index contributed by atoms with van der Waals surface area (Å²) in [5, 5.41) is 8.78. The van der Waals surface area contributed by atoms with Crippen molar-refractivity contribution in [1.82, 2.24) is 0 Å². The van der Waals surface area contributed by atoms with Crippen LogP contribution in [0.4, 0.5) is 5.69 Å². The lowest BCUT2D eigenvalue weighted by atomic mass is 10.3. The lowest BCUT2D eigenvalue weighted by Crippen LogP contribution is -1.81. The van der Waals surface area contributed by atoms with Gasteiger partial charge in [-0.1, -0.05) is 6.92 Å². The Morgan fingerprint density at radius 2 is 2.33 bits per heavy atom. The van der Waals surface area contributed by atoms with Gasteiger partial charge in [-0.25, -0.2) is 0 Å². The van der Waals surface area contributed by atoms with Crippen LogP contribution in [-0.4, -0.2) is 0 Å². The quantitative estimate of drug-likeness (QED) is 0.842. The summed E-state index contributed by atoms with van der Waals surface area (Å²) in [6.45, 7) is 2.03. The number of nitrogens with two attached hydrogens (primary N) is 1. The van der Waals surface area contributed by atoms with E-state index >= 15 is 0 Å². The number of nitrogens with zero attached hydrogens (tertiary/aromatic N) is 1. The van der Waals surface area contributed by atoms with Crippen LogP contribution in [0.25, 0.3) is 10.6 Å². The topological polar surface area (TPSA) is 63.0 Å². The smallest absolute Gasteiger partial charge is 0.144 e. The second-order valence-electron chi connectivity index (χ2n) is 3.13. The van der Waals surface area contributed by atoms with Crippen LogP contribution in [0.3, 0.4) is 0 Å². The maximum Gasteiger partial charge on any atom is 0.144 e. The summed E-state index contributed by atoms with van der Waals surface area (Å²) in [7, 11) is 0. The highest BCUT2D eigenvalue weighted by Gasteiger charge is 2.10. The average molecular weight is 218 g/mol. The Labute approximate surface area is 91.8 Å². The van der Waals surface area contributed by atoms with Crippen LogP contribution in [-0.2, 0) is 6.42 Å². The summed E-state index contributed by atoms with van der Waals surface area (Å²) in [6, 6.07) is 7.69. The van der Waals surface area contributed by atoms with E-state index in [0.29, 0.717) is 10.6 Å². The van der Waals surface area contributed by atoms with E-state index in [9.17, 15) is 0 Å². The molecule has 0 amide bonds. The van der Waals surface area contributed by atoms with Gasteiger partial charge in [-0.3, -0.25) is 0 Å². The average Bonchev–Trinajstić information content (AvgIpc) is 2.83. The zero-order valence-electron chi connectivity index (χ0n) is 8.28. The highest BCUT2D eigenvalue weighted by atomic mass is 32.1. The third-order valence-electron chi connectivity index (χ3n) is 2.12. The van der Waals surface area contributed by atoms with Crippen molar-refractivity contribution in [2.24, 2.45) is 0 Å². The number of aryl methyl sites for hydroxylation is 1. The fourth-order valence-electron chi connectivity index (χ4n) is 1.31. The Bertz CT molecular complexity index is 519. The molecule has 2 N–H and O–H groups in total. The third kappa shape index (κ3) is 1.74. The van der Waals surface area contributed by atoms with Gasteiger partial charge in [-0.05, 0) is 18.2 Å². The van der Waals surface area contributed by atoms with Crippen molar-refractivity contribution >= 4 is 17.0 Å². The first-order valence-corrected chi connectivity index (χ1v) is 5.44. The van der Waals surface area contributed by atoms with Gasteiger partial charge < -0.3 is 10.2 Å². The molecule has 0 radical (unpaired) electrons. The summed E-state index contributed by atoms with van der Waals surface area (Å²) in [5.41, 5.74) is 6.20. The first kappa shape index (κ1) is 9.81. The lowest BCUT2D eigenvalue weighted by molar-refractivity contribution is 0.530. The molecule has 2 rings (SSSR count). The van der Waals surface area contributed by atoms with Gasteiger partial charge in [-0.15, -0.1) is 11.3 Å². The number of furan rings is 1. The maximum absolute atomic E-state index is 8.78. The molecule has 0 saturated carbocycles. The van der Waals surface area contributed by atoms with Crippen molar-refractivity contribution in [1.29, 1.82) is 5.26 Å². The highest BCUT2D eigenvalue weighted by molar-refractivity contribution is 7.16. The molecule has 2 aromatic heterocycles. The summed E-state index contributed by atoms with van der Waals surface area (Å²) in [5.74, 6) is 1.72. The Balaban J connectivity index is 2.41. The van der Waals surface area contributed by atoms with Crippen molar-refractivity contribution in [3.05, 3.63) is 28.8 Å². The lowest BCUT2D eigenvalue weighted by Gasteiger charge is -1.89. The predicted molar refractivity (Wildman–Crippen MR) is 60.5 cm³/mol. The number of nitrogen functional groups attached to an aromatic ring is 1. The van der Waals surface area contributed by atoms with Crippen LogP contribution in [0.1, 0.15) is 17.6 Å². The van der Waals surface area contributed by atoms with Crippen molar-refractivity contribution in [3.63, 3.8) is 0 Å². The Morgan fingerprint density at radius 3 is 2.87 bits per heavy atom. The van der Waals surface area contributed by atoms with Gasteiger partial charge in [0.2, 0.25) is 0 Å². The van der Waals surface area contributed by atoms with Crippen LogP contribution in [0, 0.1) is 11.3 Å². The highest BCUT2D eigenvalue weighted by Crippen LogP contribution is 2.33. The van der Waals surface area contributed by atoms with Crippen LogP contribution < -0.4 is 5.73 Å². The number of hydrogen-bond acceptors (Lipinski definition) is 4. The molecule has 2 aromatic rings. The maximum atomic E-state index is 8.78. The molecule has 0 unspecified atom stereocenters. The molecular formula is C11H10N2OS. The first-order chi connectivity index (χ1) is 7.24. The van der Waals surface area contributed by atoms with Crippen molar-refractivity contribution in [2.45, 2.75) is 13.3 Å². The van der Waals surface area contributed by atoms with Gasteiger partial charge in [0.1, 0.15) is 22.5 Å². The largest absolute Gasteiger partial charge is 0.460 e. The normalized spacial score (nSPS) is 10.1. The molecule has 15 heavy (non-hydrogen) atoms. The van der Waals surface area contributed by atoms with Crippen LogP contribution in [0.2, 0.25) is 0 Å². The van der Waals surface area contributed by atoms with E-state index in [1.165, 1.54) is 11.3 Å². The van der Waals surface area contributed by atoms with E-state index in [2.05, 4.69) is 6.07 Å². The van der Waals surface area contributed by atoms with Gasteiger partial charge in [0, 0.05) is 6.42 Å². The van der Waals surface area contributed by atoms with E-state index in [1.807, 2.05) is 19.1 Å². The fourth-order valence-corrected chi connectivity index (χ4v) is 2.15. The molecule has 0 spiro atoms. The molecule has 3 nitrogen and oxygen atoms in total. The minimum atomic E-state index is 0.520. The minimum absolute atomic E-state index is 0.520. The fraction of sp³-hybridized carbons (Fsp3) is 0.182. The standard InChI is InChI=1S/C11H10N2OS/c1-2-7-3-4-9(14-7)10-5-8(13)11(6-12)15-10/h3-5H,2,13H2,1H3. The number of rotatable bonds is 2. The minimum Gasteiger partial charge on any atom is -0.460 e. The molecule has 0 bridgehead atoms. The summed E-state index contributed by atoms with van der Waals surface area (Å²) in [6.07, 6.45) is 0.867. The third-order valence-corrected chi connectivity index (χ3v) is 3.19. The zero-order chi connectivity index (χ0) is 10.8. The number of nitriles is 1. The van der Waals surface area contributed by atoms with E-state index in [1.54, 1.807) is 6.07 Å². The first-order valence-electron chi connectivity index (χ1n) is 4.63. The van der Waals surface area contributed by atoms with Crippen molar-refractivity contribution < 1.29 is 4.42 Å². The second kappa shape index (κ2) is 3.79. The van der Waals surface area contributed by atoms with Gasteiger partial charge in [0.25, 0.3) is 0 Å². The molecule has 2 heterocycles. The molecule has 0 aliphatic carbocycles. The molecule has 76 valence electrons. The van der Waals surface area contributed by atoms with E-state index in [0.717, 1.165) is 22.8 Å². The van der Waals surface area contributed by atoms with Gasteiger partial charge in [0.05, 0.1) is 10.6 Å². The molecule has 0 aliphatic heterocycles. The predicted octanol–water partition coefficient (Wildman–Crippen LogP) is 3.02. The van der Waals surface area contributed by atoms with Gasteiger partial charge in [0.15, 0.2) is 0 Å². The Hall–Kier alpha value is -1.73. The molecule has 0 fully saturated rings. The van der Waals surface area contributed by atoms with Crippen molar-refractivity contribution in [2.75, 3.05) is 5.73 Å². The van der Waals surface area contributed by atoms with Crippen molar-refractivity contribution in [3.8, 4) is 16.7 Å². The van der Waals surface area contributed by atoms with E-state index < -0.39 is 0 Å². The summed E-state index contributed by atoms with van der Waals surface area (Å²) < 4.78 is 5.58. The van der Waals surface area contributed by atoms with E-state index in [-0.39, 0.29) is 0 Å². The SMILES string of the molecule is CCc1ccc(-c2cc(N)c(C#N)s2)o1. The summed E-state index contributed by atoms with van der Waals surface area (Å²) >= 11 is 1.36. The Kier molecular flexibility index (Phi) is 2.48. The molecule has 0 atom stereocenters. The van der Waals surface area contributed by atoms with Crippen LogP contribution in [0.5, 0.6) is 0 Å². The zero-order valence-corrected chi connectivity index (χ0v) is 9.10. The second-order valence-corrected chi connectivity index (χ2v) is 4.18. The Morgan fingerprint density at radius 1 is 1.53 bits per heavy atom. The monoisotopic (exact) mass is 218 g/mol. The molecule has 0 saturated heterocycles. The molecular weight excluding hydrogens is 208 g/mol. The van der Waals surface area contributed by atoms with Crippen LogP contribution in [0.15, 0.2) is 22.6 Å². The molecule has 4 heteroatoms. The molecule has 0 aromatic carbocycles. The molecule has 0 aliphatic rings. The summed E-state index contributed by atoms with van der Waals surface area (Å²) in [4.78, 5) is 1.45. The van der Waals surface area contributed by atoms with Gasteiger partial charge in [-0.2, -0.15) is 5.26 Å².